The summed E-state index contributed by atoms with van der Waals surface area (Å²) in [4.78, 5) is 2.00. The van der Waals surface area contributed by atoms with Crippen LogP contribution in [0.3, 0.4) is 0 Å². The van der Waals surface area contributed by atoms with Gasteiger partial charge in [0.1, 0.15) is 0 Å². The van der Waals surface area contributed by atoms with E-state index in [1.165, 1.54) is 17.5 Å². The molecule has 0 fully saturated rings. The molecule has 0 unspecified atom stereocenters. The molecule has 0 aliphatic rings. The minimum atomic E-state index is 0.0224. The summed E-state index contributed by atoms with van der Waals surface area (Å²) < 4.78 is 0. The molecule has 0 radical (unpaired) electrons. The second-order valence-corrected chi connectivity index (χ2v) is 8.03. The van der Waals surface area contributed by atoms with E-state index in [9.17, 15) is 0 Å². The van der Waals surface area contributed by atoms with E-state index in [-0.39, 0.29) is 10.8 Å². The van der Waals surface area contributed by atoms with E-state index in [0.717, 1.165) is 11.4 Å². The van der Waals surface area contributed by atoms with Crippen molar-refractivity contribution >= 4 is 17.7 Å². The number of anilines is 2. The molecule has 2 nitrogen and oxygen atoms in total. The second-order valence-electron chi connectivity index (χ2n) is 8.03. The predicted octanol–water partition coefficient (Wildman–Crippen LogP) is 6.03. The predicted molar refractivity (Wildman–Crippen MR) is 101 cm³/mol. The molecule has 2 heteroatoms. The quantitative estimate of drug-likeness (QED) is 0.544. The summed E-state index contributed by atoms with van der Waals surface area (Å²) in [6.45, 7) is 13.3. The smallest absolute Gasteiger partial charge is 0.0908 e. The van der Waals surface area contributed by atoms with E-state index >= 15 is 0 Å². The van der Waals surface area contributed by atoms with Crippen molar-refractivity contribution in [1.29, 1.82) is 5.41 Å². The van der Waals surface area contributed by atoms with Gasteiger partial charge in [-0.3, -0.25) is 5.41 Å². The zero-order valence-electron chi connectivity index (χ0n) is 15.1. The Hall–Kier alpha value is -2.09. The number of hydrogen-bond acceptors (Lipinski definition) is 1. The molecule has 0 bridgehead atoms. The number of hydrogen-bond donors (Lipinski definition) is 1. The number of nitrogens with one attached hydrogen (secondary N) is 1. The van der Waals surface area contributed by atoms with E-state index in [1.54, 1.807) is 0 Å². The average Bonchev–Trinajstić information content (AvgIpc) is 2.47. The van der Waals surface area contributed by atoms with E-state index in [0.29, 0.717) is 0 Å². The highest BCUT2D eigenvalue weighted by Gasteiger charge is 2.25. The summed E-state index contributed by atoms with van der Waals surface area (Å²) in [5.41, 5.74) is 4.68. The molecular formula is C21H28N2. The van der Waals surface area contributed by atoms with Crippen molar-refractivity contribution in [2.75, 3.05) is 4.90 Å². The lowest BCUT2D eigenvalue weighted by Gasteiger charge is -2.32. The molecule has 0 aliphatic heterocycles. The van der Waals surface area contributed by atoms with Crippen LogP contribution in [0.5, 0.6) is 0 Å². The zero-order valence-corrected chi connectivity index (χ0v) is 15.1. The SMILES string of the molecule is CC(C)(C)c1ccccc1N(C=N)c1ccccc1C(C)(C)C. The zero-order chi connectivity index (χ0) is 17.3. The molecule has 2 aromatic carbocycles. The summed E-state index contributed by atoms with van der Waals surface area (Å²) in [6, 6.07) is 16.7. The molecule has 0 aliphatic carbocycles. The first-order valence-electron chi connectivity index (χ1n) is 8.15. The van der Waals surface area contributed by atoms with Crippen molar-refractivity contribution in [3.63, 3.8) is 0 Å². The Morgan fingerprint density at radius 2 is 1.04 bits per heavy atom. The molecule has 2 aromatic rings. The highest BCUT2D eigenvalue weighted by molar-refractivity contribution is 5.90. The Morgan fingerprint density at radius 3 is 1.35 bits per heavy atom. The van der Waals surface area contributed by atoms with E-state index in [4.69, 9.17) is 5.41 Å². The molecule has 0 saturated carbocycles. The van der Waals surface area contributed by atoms with E-state index < -0.39 is 0 Å². The fourth-order valence-corrected chi connectivity index (χ4v) is 2.90. The van der Waals surface area contributed by atoms with Gasteiger partial charge in [0, 0.05) is 0 Å². The third kappa shape index (κ3) is 3.64. The van der Waals surface area contributed by atoms with Crippen molar-refractivity contribution < 1.29 is 0 Å². The molecule has 0 saturated heterocycles. The number of benzene rings is 2. The van der Waals surface area contributed by atoms with Gasteiger partial charge in [-0.15, -0.1) is 0 Å². The van der Waals surface area contributed by atoms with Crippen molar-refractivity contribution in [1.82, 2.24) is 0 Å². The first-order valence-corrected chi connectivity index (χ1v) is 8.15. The van der Waals surface area contributed by atoms with E-state index in [1.807, 2.05) is 17.0 Å². The number of nitrogens with zero attached hydrogens (tertiary/aromatic N) is 1. The van der Waals surface area contributed by atoms with Crippen LogP contribution in [0.15, 0.2) is 48.5 Å². The van der Waals surface area contributed by atoms with Crippen LogP contribution in [-0.4, -0.2) is 6.34 Å². The minimum Gasteiger partial charge on any atom is -0.301 e. The third-order valence-electron chi connectivity index (χ3n) is 4.07. The van der Waals surface area contributed by atoms with Crippen LogP contribution in [0.2, 0.25) is 0 Å². The summed E-state index contributed by atoms with van der Waals surface area (Å²) in [7, 11) is 0. The lowest BCUT2D eigenvalue weighted by molar-refractivity contribution is 0.587. The van der Waals surface area contributed by atoms with Crippen LogP contribution in [0.4, 0.5) is 11.4 Å². The minimum absolute atomic E-state index is 0.0224. The van der Waals surface area contributed by atoms with Gasteiger partial charge in [-0.05, 0) is 34.1 Å². The molecule has 23 heavy (non-hydrogen) atoms. The maximum absolute atomic E-state index is 8.04. The monoisotopic (exact) mass is 308 g/mol. The van der Waals surface area contributed by atoms with Gasteiger partial charge >= 0.3 is 0 Å². The molecule has 0 heterocycles. The Labute approximate surface area is 140 Å². The number of para-hydroxylation sites is 2. The molecule has 0 atom stereocenters. The Kier molecular flexibility index (Phi) is 4.65. The lowest BCUT2D eigenvalue weighted by Crippen LogP contribution is -2.24. The molecule has 122 valence electrons. The van der Waals surface area contributed by atoms with Gasteiger partial charge in [0.15, 0.2) is 0 Å². The maximum atomic E-state index is 8.04. The van der Waals surface area contributed by atoms with Crippen LogP contribution >= 0.6 is 0 Å². The summed E-state index contributed by atoms with van der Waals surface area (Å²) in [5.74, 6) is 0. The third-order valence-corrected chi connectivity index (χ3v) is 4.07. The average molecular weight is 308 g/mol. The van der Waals surface area contributed by atoms with Crippen molar-refractivity contribution in [2.24, 2.45) is 0 Å². The normalized spacial score (nSPS) is 12.1. The van der Waals surface area contributed by atoms with Crippen molar-refractivity contribution in [3.8, 4) is 0 Å². The highest BCUT2D eigenvalue weighted by atomic mass is 15.1. The first kappa shape index (κ1) is 17.3. The fraction of sp³-hybridized carbons (Fsp3) is 0.381. The lowest BCUT2D eigenvalue weighted by atomic mass is 9.83. The molecule has 0 amide bonds. The standard InChI is InChI=1S/C21H28N2/c1-20(2,3)16-11-7-9-13-18(16)23(15-22)19-14-10-8-12-17(19)21(4,5)6/h7-15,22H,1-6H3. The van der Waals surface area contributed by atoms with E-state index in [2.05, 4.69) is 77.9 Å². The van der Waals surface area contributed by atoms with Crippen LogP contribution in [-0.2, 0) is 10.8 Å². The topological polar surface area (TPSA) is 27.1 Å². The second kappa shape index (κ2) is 6.19. The largest absolute Gasteiger partial charge is 0.301 e. The summed E-state index contributed by atoms with van der Waals surface area (Å²) in [5, 5.41) is 8.04. The van der Waals surface area contributed by atoms with Gasteiger partial charge in [0.25, 0.3) is 0 Å². The summed E-state index contributed by atoms with van der Waals surface area (Å²) >= 11 is 0. The molecular weight excluding hydrogens is 280 g/mol. The fourth-order valence-electron chi connectivity index (χ4n) is 2.90. The Bertz CT molecular complexity index is 630. The van der Waals surface area contributed by atoms with Crippen molar-refractivity contribution in [2.45, 2.75) is 52.4 Å². The Balaban J connectivity index is 2.67. The summed E-state index contributed by atoms with van der Waals surface area (Å²) in [6.07, 6.45) is 1.43. The maximum Gasteiger partial charge on any atom is 0.0908 e. The Morgan fingerprint density at radius 1 is 0.696 bits per heavy atom. The van der Waals surface area contributed by atoms with Gasteiger partial charge in [-0.25, -0.2) is 0 Å². The van der Waals surface area contributed by atoms with Gasteiger partial charge in [-0.2, -0.15) is 0 Å². The van der Waals surface area contributed by atoms with Gasteiger partial charge in [-0.1, -0.05) is 77.9 Å². The molecule has 2 rings (SSSR count). The molecule has 0 aromatic heterocycles. The van der Waals surface area contributed by atoms with Crippen LogP contribution in [0.1, 0.15) is 52.7 Å². The van der Waals surface area contributed by atoms with Gasteiger partial charge < -0.3 is 4.90 Å². The first-order chi connectivity index (χ1) is 10.7. The van der Waals surface area contributed by atoms with Gasteiger partial charge in [0.05, 0.1) is 17.7 Å². The molecule has 1 N–H and O–H groups in total. The molecule has 0 spiro atoms. The van der Waals surface area contributed by atoms with Crippen molar-refractivity contribution in [3.05, 3.63) is 59.7 Å². The van der Waals surface area contributed by atoms with Crippen LogP contribution in [0, 0.1) is 5.41 Å². The highest BCUT2D eigenvalue weighted by Crippen LogP contribution is 2.39. The number of rotatable bonds is 3. The van der Waals surface area contributed by atoms with Gasteiger partial charge in [0.2, 0.25) is 0 Å². The van der Waals surface area contributed by atoms with Crippen LogP contribution < -0.4 is 4.90 Å². The van der Waals surface area contributed by atoms with Crippen LogP contribution in [0.25, 0.3) is 0 Å².